The van der Waals surface area contributed by atoms with Crippen LogP contribution in [0.4, 0.5) is 0 Å². The summed E-state index contributed by atoms with van der Waals surface area (Å²) in [6, 6.07) is 17.8. The maximum atomic E-state index is 13.9. The van der Waals surface area contributed by atoms with Gasteiger partial charge in [-0.15, -0.1) is 0 Å². The van der Waals surface area contributed by atoms with Crippen LogP contribution in [0.3, 0.4) is 0 Å². The van der Waals surface area contributed by atoms with Crippen LogP contribution in [0.1, 0.15) is 26.3 Å². The van der Waals surface area contributed by atoms with E-state index in [1.165, 1.54) is 7.11 Å². The highest BCUT2D eigenvalue weighted by Gasteiger charge is 2.34. The summed E-state index contributed by atoms with van der Waals surface area (Å²) < 4.78 is 39.1. The van der Waals surface area contributed by atoms with E-state index in [1.54, 1.807) is 36.4 Å². The lowest BCUT2D eigenvalue weighted by Crippen LogP contribution is -2.25. The third-order valence-electron chi connectivity index (χ3n) is 5.39. The molecule has 4 rings (SSSR count). The van der Waals surface area contributed by atoms with Crippen molar-refractivity contribution in [3.8, 4) is 5.75 Å². The van der Waals surface area contributed by atoms with Crippen LogP contribution in [-0.4, -0.2) is 34.1 Å². The molecular formula is C24H25NO4S. The van der Waals surface area contributed by atoms with Gasteiger partial charge in [0.15, 0.2) is 0 Å². The van der Waals surface area contributed by atoms with Gasteiger partial charge in [-0.2, -0.15) is 0 Å². The second-order valence-electron chi connectivity index (χ2n) is 8.44. The molecule has 1 heterocycles. The number of rotatable bonds is 4. The van der Waals surface area contributed by atoms with Crippen molar-refractivity contribution >= 4 is 26.5 Å². The lowest BCUT2D eigenvalue weighted by atomic mass is 9.88. The molecule has 0 unspecified atom stereocenters. The number of hydrogen-bond acceptors (Lipinski definition) is 5. The quantitative estimate of drug-likeness (QED) is 0.600. The molecule has 0 aliphatic carbocycles. The summed E-state index contributed by atoms with van der Waals surface area (Å²) in [6.45, 7) is 6.72. The van der Waals surface area contributed by atoms with Gasteiger partial charge in [-0.25, -0.2) is 13.4 Å². The van der Waals surface area contributed by atoms with E-state index in [-0.39, 0.29) is 21.2 Å². The zero-order chi connectivity index (χ0) is 21.5. The molecule has 1 aliphatic heterocycles. The van der Waals surface area contributed by atoms with E-state index in [4.69, 9.17) is 14.5 Å². The minimum Gasteiger partial charge on any atom is -0.495 e. The van der Waals surface area contributed by atoms with E-state index < -0.39 is 9.84 Å². The molecule has 0 aromatic heterocycles. The van der Waals surface area contributed by atoms with Crippen molar-refractivity contribution < 1.29 is 17.9 Å². The van der Waals surface area contributed by atoms with Crippen molar-refractivity contribution in [1.29, 1.82) is 0 Å². The van der Waals surface area contributed by atoms with Gasteiger partial charge in [0, 0.05) is 5.39 Å². The summed E-state index contributed by atoms with van der Waals surface area (Å²) in [7, 11) is -2.44. The number of sulfone groups is 1. The second-order valence-corrected chi connectivity index (χ2v) is 10.3. The Hall–Kier alpha value is -2.86. The summed E-state index contributed by atoms with van der Waals surface area (Å²) in [4.78, 5) is 5.02. The van der Waals surface area contributed by atoms with Gasteiger partial charge in [-0.3, -0.25) is 0 Å². The smallest absolute Gasteiger partial charge is 0.217 e. The largest absolute Gasteiger partial charge is 0.495 e. The van der Waals surface area contributed by atoms with Crippen molar-refractivity contribution in [3.63, 3.8) is 0 Å². The number of ether oxygens (including phenoxy) is 2. The Labute approximate surface area is 177 Å². The highest BCUT2D eigenvalue weighted by Crippen LogP contribution is 2.38. The predicted octanol–water partition coefficient (Wildman–Crippen LogP) is 4.87. The minimum atomic E-state index is -3.92. The van der Waals surface area contributed by atoms with E-state index in [2.05, 4.69) is 20.8 Å². The van der Waals surface area contributed by atoms with Crippen LogP contribution in [0.25, 0.3) is 10.8 Å². The van der Waals surface area contributed by atoms with Gasteiger partial charge in [-0.05, 0) is 29.0 Å². The zero-order valence-corrected chi connectivity index (χ0v) is 18.4. The van der Waals surface area contributed by atoms with E-state index in [9.17, 15) is 8.42 Å². The van der Waals surface area contributed by atoms with E-state index >= 15 is 0 Å². The van der Waals surface area contributed by atoms with E-state index in [0.29, 0.717) is 29.2 Å². The molecule has 0 N–H and O–H groups in total. The molecular weight excluding hydrogens is 398 g/mol. The Morgan fingerprint density at radius 1 is 1.00 bits per heavy atom. The van der Waals surface area contributed by atoms with Crippen LogP contribution in [0, 0.1) is 5.41 Å². The van der Waals surface area contributed by atoms with E-state index in [0.717, 1.165) is 5.39 Å². The molecule has 1 atom stereocenters. The molecule has 5 nitrogen and oxygen atoms in total. The maximum Gasteiger partial charge on any atom is 0.217 e. The van der Waals surface area contributed by atoms with Crippen LogP contribution in [-0.2, 0) is 14.6 Å². The van der Waals surface area contributed by atoms with Crippen molar-refractivity contribution in [3.05, 3.63) is 66.2 Å². The number of fused-ring (bicyclic) bond motifs is 1. The fourth-order valence-electron chi connectivity index (χ4n) is 3.61. The van der Waals surface area contributed by atoms with Crippen LogP contribution in [0.5, 0.6) is 5.75 Å². The van der Waals surface area contributed by atoms with Crippen molar-refractivity contribution in [2.75, 3.05) is 13.7 Å². The Morgan fingerprint density at radius 3 is 2.40 bits per heavy atom. The molecule has 0 spiro atoms. The second kappa shape index (κ2) is 7.43. The SMILES string of the molecule is COc1ccc2ccccc2c1S(=O)(=O)c1ccccc1C1=N[C@@H](C(C)(C)C)CO1. The first-order valence-corrected chi connectivity index (χ1v) is 11.3. The Kier molecular flexibility index (Phi) is 5.06. The van der Waals surface area contributed by atoms with Gasteiger partial charge in [0.25, 0.3) is 0 Å². The first-order valence-electron chi connectivity index (χ1n) is 9.84. The van der Waals surface area contributed by atoms with Crippen molar-refractivity contribution in [2.24, 2.45) is 10.4 Å². The monoisotopic (exact) mass is 423 g/mol. The Bertz CT molecular complexity index is 1240. The minimum absolute atomic E-state index is 0.0321. The zero-order valence-electron chi connectivity index (χ0n) is 17.5. The van der Waals surface area contributed by atoms with Crippen molar-refractivity contribution in [2.45, 2.75) is 36.6 Å². The Morgan fingerprint density at radius 2 is 1.70 bits per heavy atom. The summed E-state index contributed by atoms with van der Waals surface area (Å²) in [5, 5.41) is 1.45. The first-order chi connectivity index (χ1) is 14.2. The number of nitrogens with zero attached hydrogens (tertiary/aromatic N) is 1. The average Bonchev–Trinajstić information content (AvgIpc) is 3.23. The summed E-state index contributed by atoms with van der Waals surface area (Å²) in [6.07, 6.45) is 0. The standard InChI is InChI=1S/C24H25NO4S/c1-24(2,3)21-15-29-23(25-21)18-11-7-8-12-20(18)30(26,27)22-17-10-6-5-9-16(17)13-14-19(22)28-4/h5-14,21H,15H2,1-4H3/t21-/m1/s1. The van der Waals surface area contributed by atoms with Crippen LogP contribution in [0.2, 0.25) is 0 Å². The van der Waals surface area contributed by atoms with Gasteiger partial charge in [-0.1, -0.05) is 63.2 Å². The third kappa shape index (κ3) is 3.45. The molecule has 3 aromatic rings. The number of methoxy groups -OCH3 is 1. The summed E-state index contributed by atoms with van der Waals surface area (Å²) in [5.41, 5.74) is 0.397. The van der Waals surface area contributed by atoms with Crippen molar-refractivity contribution in [1.82, 2.24) is 0 Å². The molecule has 1 aliphatic rings. The lowest BCUT2D eigenvalue weighted by Gasteiger charge is -2.21. The molecule has 3 aromatic carbocycles. The fraction of sp³-hybridized carbons (Fsp3) is 0.292. The van der Waals surface area contributed by atoms with Gasteiger partial charge in [0.05, 0.1) is 23.6 Å². The van der Waals surface area contributed by atoms with E-state index in [1.807, 2.05) is 24.3 Å². The highest BCUT2D eigenvalue weighted by molar-refractivity contribution is 7.92. The number of hydrogen-bond donors (Lipinski definition) is 0. The average molecular weight is 424 g/mol. The molecule has 156 valence electrons. The van der Waals surface area contributed by atoms with Crippen LogP contribution < -0.4 is 4.74 Å². The molecule has 0 fully saturated rings. The number of aliphatic imine (C=N–C) groups is 1. The first kappa shape index (κ1) is 20.4. The normalized spacial score (nSPS) is 16.9. The van der Waals surface area contributed by atoms with Gasteiger partial charge in [0.2, 0.25) is 15.7 Å². The molecule has 30 heavy (non-hydrogen) atoms. The highest BCUT2D eigenvalue weighted by atomic mass is 32.2. The lowest BCUT2D eigenvalue weighted by molar-refractivity contribution is 0.235. The molecule has 6 heteroatoms. The molecule has 0 saturated carbocycles. The molecule has 0 bridgehead atoms. The number of benzene rings is 3. The summed E-state index contributed by atoms with van der Waals surface area (Å²) in [5.74, 6) is 0.679. The molecule has 0 saturated heterocycles. The molecule has 0 amide bonds. The van der Waals surface area contributed by atoms with Gasteiger partial charge < -0.3 is 9.47 Å². The topological polar surface area (TPSA) is 65.0 Å². The van der Waals surface area contributed by atoms with Gasteiger partial charge >= 0.3 is 0 Å². The third-order valence-corrected chi connectivity index (χ3v) is 7.28. The maximum absolute atomic E-state index is 13.9. The molecule has 0 radical (unpaired) electrons. The van der Waals surface area contributed by atoms with Crippen LogP contribution in [0.15, 0.2) is 75.4 Å². The Balaban J connectivity index is 1.93. The van der Waals surface area contributed by atoms with Gasteiger partial charge in [0.1, 0.15) is 17.3 Å². The fourth-order valence-corrected chi connectivity index (χ4v) is 5.43. The predicted molar refractivity (Wildman–Crippen MR) is 118 cm³/mol. The summed E-state index contributed by atoms with van der Waals surface area (Å²) >= 11 is 0. The van der Waals surface area contributed by atoms with Crippen LogP contribution >= 0.6 is 0 Å².